The lowest BCUT2D eigenvalue weighted by molar-refractivity contribution is 0.640. The Labute approximate surface area is 111 Å². The number of hydrazine groups is 1. The molecule has 1 aromatic carbocycles. The van der Waals surface area contributed by atoms with Crippen LogP contribution in [0.25, 0.3) is 10.8 Å². The topological polar surface area (TPSA) is 63.8 Å². The molecular weight excluding hydrogens is 236 g/mol. The Morgan fingerprint density at radius 3 is 2.53 bits per heavy atom. The van der Waals surface area contributed by atoms with Crippen molar-refractivity contribution in [2.24, 2.45) is 5.84 Å². The first kappa shape index (κ1) is 11.8. The van der Waals surface area contributed by atoms with Crippen LogP contribution in [0.2, 0.25) is 0 Å². The minimum absolute atomic E-state index is 0.0732. The van der Waals surface area contributed by atoms with Crippen molar-refractivity contribution in [1.29, 1.82) is 0 Å². The molecule has 94 valence electrons. The zero-order valence-corrected chi connectivity index (χ0v) is 10.3. The standard InChI is InChI=1S/C15H14N4/c16-19-15(12-5-7-17-8-6-12)13-3-1-2-11-4-9-18-10-14(11)13/h1-10,15,19H,16H2. The van der Waals surface area contributed by atoms with Gasteiger partial charge in [-0.1, -0.05) is 18.2 Å². The van der Waals surface area contributed by atoms with Crippen molar-refractivity contribution in [3.8, 4) is 0 Å². The predicted molar refractivity (Wildman–Crippen MR) is 75.1 cm³/mol. The van der Waals surface area contributed by atoms with Gasteiger partial charge in [0.25, 0.3) is 0 Å². The van der Waals surface area contributed by atoms with Crippen molar-refractivity contribution < 1.29 is 0 Å². The number of nitrogens with one attached hydrogen (secondary N) is 1. The maximum Gasteiger partial charge on any atom is 0.0717 e. The van der Waals surface area contributed by atoms with Crippen molar-refractivity contribution in [1.82, 2.24) is 15.4 Å². The Morgan fingerprint density at radius 1 is 0.947 bits per heavy atom. The minimum atomic E-state index is -0.0732. The van der Waals surface area contributed by atoms with Crippen LogP contribution < -0.4 is 11.3 Å². The van der Waals surface area contributed by atoms with E-state index in [0.29, 0.717) is 0 Å². The van der Waals surface area contributed by atoms with Crippen molar-refractivity contribution in [2.45, 2.75) is 6.04 Å². The second-order valence-electron chi connectivity index (χ2n) is 4.32. The Morgan fingerprint density at radius 2 is 1.74 bits per heavy atom. The van der Waals surface area contributed by atoms with Crippen molar-refractivity contribution in [2.75, 3.05) is 0 Å². The monoisotopic (exact) mass is 250 g/mol. The van der Waals surface area contributed by atoms with E-state index in [2.05, 4.69) is 27.5 Å². The molecule has 3 N–H and O–H groups in total. The summed E-state index contributed by atoms with van der Waals surface area (Å²) in [5.74, 6) is 5.74. The summed E-state index contributed by atoms with van der Waals surface area (Å²) in [7, 11) is 0. The summed E-state index contributed by atoms with van der Waals surface area (Å²) in [5, 5.41) is 2.26. The van der Waals surface area contributed by atoms with E-state index in [1.165, 1.54) is 0 Å². The molecule has 0 aliphatic heterocycles. The van der Waals surface area contributed by atoms with Gasteiger partial charge >= 0.3 is 0 Å². The van der Waals surface area contributed by atoms with Gasteiger partial charge in [-0.25, -0.2) is 5.43 Å². The highest BCUT2D eigenvalue weighted by Gasteiger charge is 2.14. The first-order valence-corrected chi connectivity index (χ1v) is 6.09. The molecular formula is C15H14N4. The van der Waals surface area contributed by atoms with Gasteiger partial charge in [0.1, 0.15) is 0 Å². The fourth-order valence-electron chi connectivity index (χ4n) is 2.31. The fraction of sp³-hybridized carbons (Fsp3) is 0.0667. The van der Waals surface area contributed by atoms with Crippen LogP contribution >= 0.6 is 0 Å². The highest BCUT2D eigenvalue weighted by Crippen LogP contribution is 2.27. The number of pyridine rings is 2. The van der Waals surface area contributed by atoms with Gasteiger partial charge in [0.2, 0.25) is 0 Å². The SMILES string of the molecule is NNC(c1ccncc1)c1cccc2ccncc12. The molecule has 0 amide bonds. The van der Waals surface area contributed by atoms with Crippen molar-refractivity contribution in [3.63, 3.8) is 0 Å². The molecule has 0 bridgehead atoms. The number of benzene rings is 1. The molecule has 1 atom stereocenters. The first-order chi connectivity index (χ1) is 9.40. The van der Waals surface area contributed by atoms with Crippen molar-refractivity contribution >= 4 is 10.8 Å². The highest BCUT2D eigenvalue weighted by molar-refractivity contribution is 5.85. The molecule has 0 fully saturated rings. The molecule has 2 heterocycles. The van der Waals surface area contributed by atoms with Crippen LogP contribution in [-0.2, 0) is 0 Å². The number of nitrogens with two attached hydrogens (primary N) is 1. The summed E-state index contributed by atoms with van der Waals surface area (Å²) in [6.45, 7) is 0. The number of hydrogen-bond acceptors (Lipinski definition) is 4. The zero-order chi connectivity index (χ0) is 13.1. The third kappa shape index (κ3) is 2.19. The average Bonchev–Trinajstić information content (AvgIpc) is 2.49. The van der Waals surface area contributed by atoms with E-state index < -0.39 is 0 Å². The molecule has 0 spiro atoms. The van der Waals surface area contributed by atoms with Crippen LogP contribution in [0, 0.1) is 0 Å². The second kappa shape index (κ2) is 5.14. The van der Waals surface area contributed by atoms with Gasteiger partial charge in [-0.05, 0) is 34.7 Å². The van der Waals surface area contributed by atoms with E-state index in [1.807, 2.05) is 30.5 Å². The lowest BCUT2D eigenvalue weighted by atomic mass is 9.96. The van der Waals surface area contributed by atoms with Crippen LogP contribution in [0.3, 0.4) is 0 Å². The van der Waals surface area contributed by atoms with Crippen LogP contribution in [0.4, 0.5) is 0 Å². The average molecular weight is 250 g/mol. The lowest BCUT2D eigenvalue weighted by Gasteiger charge is -2.18. The fourth-order valence-corrected chi connectivity index (χ4v) is 2.31. The van der Waals surface area contributed by atoms with Crippen LogP contribution in [0.15, 0.2) is 61.2 Å². The molecule has 0 aliphatic rings. The summed E-state index contributed by atoms with van der Waals surface area (Å²) in [6.07, 6.45) is 7.20. The highest BCUT2D eigenvalue weighted by atomic mass is 15.2. The van der Waals surface area contributed by atoms with E-state index in [9.17, 15) is 0 Å². The second-order valence-corrected chi connectivity index (χ2v) is 4.32. The molecule has 0 aliphatic carbocycles. The Balaban J connectivity index is 2.17. The number of fused-ring (bicyclic) bond motifs is 1. The van der Waals surface area contributed by atoms with Gasteiger partial charge in [-0.2, -0.15) is 0 Å². The Hall–Kier alpha value is -2.30. The molecule has 0 saturated carbocycles. The lowest BCUT2D eigenvalue weighted by Crippen LogP contribution is -2.29. The molecule has 4 nitrogen and oxygen atoms in total. The Bertz CT molecular complexity index is 677. The molecule has 2 aromatic heterocycles. The van der Waals surface area contributed by atoms with Gasteiger partial charge in [0, 0.05) is 30.2 Å². The molecule has 19 heavy (non-hydrogen) atoms. The largest absolute Gasteiger partial charge is 0.271 e. The third-order valence-electron chi connectivity index (χ3n) is 3.23. The number of nitrogens with zero attached hydrogens (tertiary/aromatic N) is 2. The predicted octanol–water partition coefficient (Wildman–Crippen LogP) is 2.18. The van der Waals surface area contributed by atoms with E-state index >= 15 is 0 Å². The number of aromatic nitrogens is 2. The molecule has 3 aromatic rings. The van der Waals surface area contributed by atoms with Gasteiger partial charge in [0.15, 0.2) is 0 Å². The summed E-state index contributed by atoms with van der Waals surface area (Å²) in [4.78, 5) is 8.24. The van der Waals surface area contributed by atoms with E-state index in [-0.39, 0.29) is 6.04 Å². The molecule has 3 rings (SSSR count). The zero-order valence-electron chi connectivity index (χ0n) is 10.3. The summed E-state index contributed by atoms with van der Waals surface area (Å²) in [5.41, 5.74) is 5.06. The number of rotatable bonds is 3. The van der Waals surface area contributed by atoms with Crippen molar-refractivity contribution in [3.05, 3.63) is 72.3 Å². The van der Waals surface area contributed by atoms with Crippen LogP contribution in [-0.4, -0.2) is 9.97 Å². The molecule has 4 heteroatoms. The van der Waals surface area contributed by atoms with Crippen LogP contribution in [0.5, 0.6) is 0 Å². The summed E-state index contributed by atoms with van der Waals surface area (Å²) < 4.78 is 0. The minimum Gasteiger partial charge on any atom is -0.271 e. The normalized spacial score (nSPS) is 12.5. The number of hydrogen-bond donors (Lipinski definition) is 2. The molecule has 1 unspecified atom stereocenters. The van der Waals surface area contributed by atoms with Gasteiger partial charge in [-0.15, -0.1) is 0 Å². The smallest absolute Gasteiger partial charge is 0.0717 e. The summed E-state index contributed by atoms with van der Waals surface area (Å²) in [6, 6.07) is 12.0. The third-order valence-corrected chi connectivity index (χ3v) is 3.23. The molecule has 0 saturated heterocycles. The maximum atomic E-state index is 5.74. The maximum absolute atomic E-state index is 5.74. The van der Waals surface area contributed by atoms with E-state index in [0.717, 1.165) is 21.9 Å². The van der Waals surface area contributed by atoms with Crippen LogP contribution in [0.1, 0.15) is 17.2 Å². The van der Waals surface area contributed by atoms with E-state index in [1.54, 1.807) is 18.6 Å². The first-order valence-electron chi connectivity index (χ1n) is 6.09. The quantitative estimate of drug-likeness (QED) is 0.552. The van der Waals surface area contributed by atoms with Gasteiger partial charge in [0.05, 0.1) is 6.04 Å². The van der Waals surface area contributed by atoms with Gasteiger partial charge < -0.3 is 0 Å². The van der Waals surface area contributed by atoms with Gasteiger partial charge in [-0.3, -0.25) is 15.8 Å². The molecule has 0 radical (unpaired) electrons. The summed E-state index contributed by atoms with van der Waals surface area (Å²) >= 11 is 0. The van der Waals surface area contributed by atoms with E-state index in [4.69, 9.17) is 5.84 Å². The Kier molecular flexibility index (Phi) is 3.18.